The number of aromatic hydroxyl groups is 1. The summed E-state index contributed by atoms with van der Waals surface area (Å²) in [5.41, 5.74) is 19.3. The van der Waals surface area contributed by atoms with Crippen molar-refractivity contribution in [3.63, 3.8) is 0 Å². The molecule has 6 aromatic rings. The van der Waals surface area contributed by atoms with Gasteiger partial charge in [-0.05, 0) is 90.1 Å². The van der Waals surface area contributed by atoms with Crippen LogP contribution in [0.2, 0.25) is 0 Å². The van der Waals surface area contributed by atoms with Crippen LogP contribution in [0.5, 0.6) is 5.75 Å². The number of H-pyrrole nitrogens is 2. The topological polar surface area (TPSA) is 466 Å². The zero-order valence-electron chi connectivity index (χ0n) is 54.2. The number of primary amides is 1. The van der Waals surface area contributed by atoms with Gasteiger partial charge in [0.25, 0.3) is 0 Å². The van der Waals surface area contributed by atoms with E-state index in [2.05, 4.69) is 62.5 Å². The highest BCUT2D eigenvalue weighted by molar-refractivity contribution is 6.00. The Labute approximate surface area is 558 Å². The number of nitrogens with one attached hydrogen (secondary N) is 10. The standard InChI is InChI=1S/C67H85N17O13/c1-37(2)26-49(59(90)76-48(14-8-24-72-67(69)70)65(96)84-25-9-15-55(84)66(97)83(3)34-56(68)87)77-61(92)51(29-39-16-19-40-10-4-5-11-41(40)27-39)78-60(91)50(28-38-17-20-44(86)21-18-38)79-64(95)54(35-85)82-62(93)52(30-42-32-73-46-13-7-6-12-45(42)46)80-63(94)53(31-43-33-71-36-74-43)81-58(89)47-22-23-57(88)75-47/h4-7,10-13,16-21,27,32-33,36-37,47-55,73,85-86H,8-9,14-15,22-26,28-31,34-35H2,1-3H3,(H2,68,87)(H,71,74)(H,75,88)(H,76,90)(H,77,92)(H,78,91)(H,79,95)(H,80,94)(H,81,89)(H,82,93)(H4,69,70,72)/t47-,48-,49-,50-,51+,52-,53-,54-,55-/m0/s1. The Morgan fingerprint density at radius 3 is 1.90 bits per heavy atom. The van der Waals surface area contributed by atoms with Crippen LogP contribution < -0.4 is 59.7 Å². The number of aliphatic hydroxyl groups is 1. The number of aromatic nitrogens is 3. The number of para-hydroxylation sites is 1. The van der Waals surface area contributed by atoms with Crippen molar-refractivity contribution in [2.24, 2.45) is 28.1 Å². The van der Waals surface area contributed by atoms with Crippen molar-refractivity contribution in [2.75, 3.05) is 33.3 Å². The minimum Gasteiger partial charge on any atom is -0.508 e. The molecule has 97 heavy (non-hydrogen) atoms. The van der Waals surface area contributed by atoms with Crippen LogP contribution in [-0.4, -0.2) is 194 Å². The summed E-state index contributed by atoms with van der Waals surface area (Å²) in [6.45, 7) is 2.42. The molecule has 2 aliphatic heterocycles. The Hall–Kier alpha value is -10.9. The zero-order chi connectivity index (χ0) is 69.9. The molecule has 2 fully saturated rings. The zero-order valence-corrected chi connectivity index (χ0v) is 54.2. The monoisotopic (exact) mass is 1340 g/mol. The third-order valence-electron chi connectivity index (χ3n) is 16.9. The lowest BCUT2D eigenvalue weighted by Crippen LogP contribution is -2.61. The molecule has 2 aromatic heterocycles. The quantitative estimate of drug-likeness (QED) is 0.0130. The summed E-state index contributed by atoms with van der Waals surface area (Å²) in [7, 11) is 1.39. The summed E-state index contributed by atoms with van der Waals surface area (Å²) in [4.78, 5) is 171. The minimum atomic E-state index is -1.80. The maximum atomic E-state index is 15.1. The normalized spacial score (nSPS) is 16.5. The Morgan fingerprint density at radius 2 is 1.27 bits per heavy atom. The number of fused-ring (bicyclic) bond motifs is 2. The van der Waals surface area contributed by atoms with E-state index in [0.29, 0.717) is 39.7 Å². The number of rotatable bonds is 33. The summed E-state index contributed by atoms with van der Waals surface area (Å²) in [5, 5.41) is 45.2. The fraction of sp³-hybridized carbons (Fsp3) is 0.418. The molecule has 11 amide bonds. The number of phenolic OH excluding ortho intramolecular Hbond substituents is 1. The lowest BCUT2D eigenvalue weighted by atomic mass is 9.98. The van der Waals surface area contributed by atoms with Crippen molar-refractivity contribution in [1.29, 1.82) is 0 Å². The number of guanidine groups is 1. The second-order valence-electron chi connectivity index (χ2n) is 24.8. The first-order valence-corrected chi connectivity index (χ1v) is 32.1. The maximum Gasteiger partial charge on any atom is 0.245 e. The first-order chi connectivity index (χ1) is 46.4. The molecule has 2 saturated heterocycles. The van der Waals surface area contributed by atoms with Gasteiger partial charge in [0, 0.05) is 81.2 Å². The molecule has 9 atom stereocenters. The van der Waals surface area contributed by atoms with E-state index in [1.54, 1.807) is 36.5 Å². The van der Waals surface area contributed by atoms with E-state index in [-0.39, 0.29) is 101 Å². The number of benzene rings is 4. The fourth-order valence-corrected chi connectivity index (χ4v) is 11.9. The third kappa shape index (κ3) is 20.3. The highest BCUT2D eigenvalue weighted by Crippen LogP contribution is 2.24. The Balaban J connectivity index is 1.06. The van der Waals surface area contributed by atoms with Crippen LogP contribution in [0.25, 0.3) is 21.7 Å². The van der Waals surface area contributed by atoms with E-state index in [4.69, 9.17) is 17.2 Å². The van der Waals surface area contributed by atoms with Gasteiger partial charge in [-0.1, -0.05) is 86.6 Å². The number of likely N-dealkylation sites (tertiary alicyclic amines) is 1. The average molecular weight is 1340 g/mol. The minimum absolute atomic E-state index is 0.00527. The van der Waals surface area contributed by atoms with Gasteiger partial charge in [-0.3, -0.25) is 57.7 Å². The van der Waals surface area contributed by atoms with E-state index in [9.17, 15) is 53.4 Å². The van der Waals surface area contributed by atoms with Gasteiger partial charge in [0.1, 0.15) is 60.1 Å². The van der Waals surface area contributed by atoms with E-state index in [0.717, 1.165) is 15.7 Å². The molecular formula is C67H85N17O13. The number of amides is 11. The first-order valence-electron chi connectivity index (χ1n) is 32.1. The molecule has 516 valence electrons. The molecule has 18 N–H and O–H groups in total. The second-order valence-corrected chi connectivity index (χ2v) is 24.8. The number of carbonyl (C=O) groups is 11. The molecule has 4 heterocycles. The molecule has 0 bridgehead atoms. The van der Waals surface area contributed by atoms with Gasteiger partial charge in [-0.25, -0.2) is 4.98 Å². The molecule has 0 spiro atoms. The van der Waals surface area contributed by atoms with Gasteiger partial charge in [0.2, 0.25) is 65.0 Å². The van der Waals surface area contributed by atoms with Crippen LogP contribution in [0.15, 0.2) is 115 Å². The van der Waals surface area contributed by atoms with Crippen LogP contribution in [0.4, 0.5) is 0 Å². The van der Waals surface area contributed by atoms with Crippen molar-refractivity contribution >= 4 is 92.6 Å². The highest BCUT2D eigenvalue weighted by Gasteiger charge is 2.41. The smallest absolute Gasteiger partial charge is 0.245 e. The third-order valence-corrected chi connectivity index (χ3v) is 16.9. The van der Waals surface area contributed by atoms with Crippen molar-refractivity contribution < 1.29 is 63.0 Å². The largest absolute Gasteiger partial charge is 0.508 e. The van der Waals surface area contributed by atoms with E-state index >= 15 is 9.59 Å². The van der Waals surface area contributed by atoms with Crippen LogP contribution in [-0.2, 0) is 78.4 Å². The summed E-state index contributed by atoms with van der Waals surface area (Å²) < 4.78 is 0. The molecule has 0 unspecified atom stereocenters. The number of nitrogens with two attached hydrogens (primary N) is 3. The molecule has 30 nitrogen and oxygen atoms in total. The number of likely N-dealkylation sites (N-methyl/N-ethyl adjacent to an activating group) is 1. The molecular weight excluding hydrogens is 1250 g/mol. The Morgan fingerprint density at radius 1 is 0.680 bits per heavy atom. The fourth-order valence-electron chi connectivity index (χ4n) is 11.9. The number of aliphatic imine (C=N–C) groups is 1. The average Bonchev–Trinajstić information content (AvgIpc) is 1.46. The van der Waals surface area contributed by atoms with Crippen molar-refractivity contribution in [1.82, 2.24) is 67.3 Å². The molecule has 30 heteroatoms. The van der Waals surface area contributed by atoms with Gasteiger partial charge >= 0.3 is 0 Å². The molecule has 0 radical (unpaired) electrons. The van der Waals surface area contributed by atoms with E-state index < -0.39 is 127 Å². The summed E-state index contributed by atoms with van der Waals surface area (Å²) >= 11 is 0. The number of imidazole rings is 1. The summed E-state index contributed by atoms with van der Waals surface area (Å²) in [5.74, 6) is -8.87. The molecule has 8 rings (SSSR count). The van der Waals surface area contributed by atoms with Crippen LogP contribution >= 0.6 is 0 Å². The number of carbonyl (C=O) groups excluding carboxylic acids is 11. The number of hydrogen-bond donors (Lipinski definition) is 15. The van der Waals surface area contributed by atoms with Gasteiger partial charge in [0.05, 0.1) is 19.5 Å². The van der Waals surface area contributed by atoms with Crippen LogP contribution in [0, 0.1) is 5.92 Å². The van der Waals surface area contributed by atoms with Crippen molar-refractivity contribution in [3.05, 3.63) is 132 Å². The highest BCUT2D eigenvalue weighted by atomic mass is 16.3. The van der Waals surface area contributed by atoms with Gasteiger partial charge in [-0.15, -0.1) is 0 Å². The Bertz CT molecular complexity index is 3840. The molecule has 4 aromatic carbocycles. The Kier molecular flexibility index (Phi) is 25.2. The number of aliphatic hydroxyl groups excluding tert-OH is 1. The summed E-state index contributed by atoms with van der Waals surface area (Å²) in [6.07, 6.45) is 4.91. The molecule has 2 aliphatic rings. The van der Waals surface area contributed by atoms with Gasteiger partial charge in [-0.2, -0.15) is 0 Å². The lowest BCUT2D eigenvalue weighted by molar-refractivity contribution is -0.146. The SMILES string of the molecule is CC(C)C[C@H](NC(=O)[C@@H](Cc1ccc2ccccc2c1)NC(=O)[C@H](Cc1ccc(O)cc1)NC(=O)[C@H](CO)NC(=O)[C@H](Cc1c[nH]c2ccccc12)NC(=O)[C@H](Cc1cnc[nH]1)NC(=O)[C@@H]1CCC(=O)N1)C(=O)N[C@@H](CCCN=C(N)N)C(=O)N1CCC[C@H]1C(=O)N(C)CC(N)=O. The second kappa shape index (κ2) is 34.0. The lowest BCUT2D eigenvalue weighted by Gasteiger charge is -2.32. The summed E-state index contributed by atoms with van der Waals surface area (Å²) in [6, 6.07) is 13.5. The maximum absolute atomic E-state index is 15.1. The number of phenols is 1. The first kappa shape index (κ1) is 71.9. The number of aromatic amines is 2. The van der Waals surface area contributed by atoms with Gasteiger partial charge in [0.15, 0.2) is 5.96 Å². The molecule has 0 aliphatic carbocycles. The van der Waals surface area contributed by atoms with E-state index in [1.807, 2.05) is 50.2 Å². The van der Waals surface area contributed by atoms with Crippen molar-refractivity contribution in [3.8, 4) is 5.75 Å². The predicted octanol–water partition coefficient (Wildman–Crippen LogP) is -1.28. The molecule has 0 saturated carbocycles. The van der Waals surface area contributed by atoms with Crippen molar-refractivity contribution in [2.45, 2.75) is 139 Å². The predicted molar refractivity (Wildman–Crippen MR) is 356 cm³/mol. The van der Waals surface area contributed by atoms with Crippen LogP contribution in [0.1, 0.15) is 81.2 Å². The van der Waals surface area contributed by atoms with Gasteiger partial charge < -0.3 is 89.7 Å². The van der Waals surface area contributed by atoms with E-state index in [1.165, 1.54) is 48.7 Å². The number of nitrogens with zero attached hydrogens (tertiary/aromatic N) is 4. The number of hydrogen-bond acceptors (Lipinski definition) is 15. The van der Waals surface area contributed by atoms with Crippen LogP contribution in [0.3, 0.4) is 0 Å².